The summed E-state index contributed by atoms with van der Waals surface area (Å²) in [6, 6.07) is 3.14. The monoisotopic (exact) mass is 199 g/mol. The first-order valence-corrected chi connectivity index (χ1v) is 4.30. The van der Waals surface area contributed by atoms with Gasteiger partial charge in [0.15, 0.2) is 0 Å². The van der Waals surface area contributed by atoms with Crippen molar-refractivity contribution in [1.29, 1.82) is 0 Å². The van der Waals surface area contributed by atoms with Crippen molar-refractivity contribution in [2.24, 2.45) is 0 Å². The number of pyridine rings is 1. The number of nitrogens with zero attached hydrogens (tertiary/aromatic N) is 1. The molecule has 3 nitrogen and oxygen atoms in total. The minimum atomic E-state index is -0.376. The quantitative estimate of drug-likeness (QED) is 0.542. The van der Waals surface area contributed by atoms with E-state index in [1.165, 1.54) is 6.20 Å². The maximum absolute atomic E-state index is 11.3. The van der Waals surface area contributed by atoms with Crippen molar-refractivity contribution in [1.82, 2.24) is 4.98 Å². The fourth-order valence-electron chi connectivity index (χ4n) is 0.779. The van der Waals surface area contributed by atoms with Crippen molar-refractivity contribution >= 4 is 17.6 Å². The molecule has 0 saturated carbocycles. The molecule has 0 aromatic carbocycles. The fraction of sp³-hybridized carbons (Fsp3) is 0.333. The Morgan fingerprint density at radius 1 is 1.54 bits per heavy atom. The van der Waals surface area contributed by atoms with Gasteiger partial charge in [-0.1, -0.05) is 11.6 Å². The molecule has 1 aromatic rings. The number of rotatable bonds is 2. The Balaban J connectivity index is 2.72. The van der Waals surface area contributed by atoms with Gasteiger partial charge in [-0.25, -0.2) is 9.78 Å². The van der Waals surface area contributed by atoms with Gasteiger partial charge in [-0.15, -0.1) is 0 Å². The molecule has 0 unspecified atom stereocenters. The van der Waals surface area contributed by atoms with Gasteiger partial charge in [-0.05, 0) is 26.0 Å². The Bertz CT molecular complexity index is 295. The van der Waals surface area contributed by atoms with Gasteiger partial charge in [0.05, 0.1) is 11.7 Å². The number of hydrogen-bond acceptors (Lipinski definition) is 3. The van der Waals surface area contributed by atoms with Gasteiger partial charge in [0.1, 0.15) is 5.15 Å². The molecule has 0 N–H and O–H groups in total. The predicted octanol–water partition coefficient (Wildman–Crippen LogP) is 2.30. The number of carbonyl (C=O) groups is 1. The summed E-state index contributed by atoms with van der Waals surface area (Å²) in [7, 11) is 0. The van der Waals surface area contributed by atoms with Crippen molar-refractivity contribution in [3.63, 3.8) is 0 Å². The summed E-state index contributed by atoms with van der Waals surface area (Å²) in [5, 5.41) is 0.362. The first kappa shape index (κ1) is 9.99. The van der Waals surface area contributed by atoms with Gasteiger partial charge in [-0.3, -0.25) is 0 Å². The number of carbonyl (C=O) groups excluding carboxylic acids is 1. The SMILES string of the molecule is CC(C)OC(=O)c1ccc(Cl)nc1. The van der Waals surface area contributed by atoms with E-state index in [0.717, 1.165) is 0 Å². The van der Waals surface area contributed by atoms with E-state index < -0.39 is 0 Å². The highest BCUT2D eigenvalue weighted by atomic mass is 35.5. The molecule has 0 aliphatic rings. The molecule has 70 valence electrons. The van der Waals surface area contributed by atoms with E-state index in [2.05, 4.69) is 4.98 Å². The van der Waals surface area contributed by atoms with Crippen LogP contribution in [0.5, 0.6) is 0 Å². The van der Waals surface area contributed by atoms with Crippen molar-refractivity contribution in [3.8, 4) is 0 Å². The maximum Gasteiger partial charge on any atom is 0.339 e. The van der Waals surface area contributed by atoms with E-state index in [1.807, 2.05) is 0 Å². The summed E-state index contributed by atoms with van der Waals surface area (Å²) in [6.45, 7) is 3.59. The lowest BCUT2D eigenvalue weighted by molar-refractivity contribution is 0.0377. The number of hydrogen-bond donors (Lipinski definition) is 0. The van der Waals surface area contributed by atoms with E-state index in [-0.39, 0.29) is 12.1 Å². The van der Waals surface area contributed by atoms with Crippen LogP contribution in [0.4, 0.5) is 0 Å². The van der Waals surface area contributed by atoms with Gasteiger partial charge < -0.3 is 4.74 Å². The molecule has 0 aliphatic heterocycles. The Morgan fingerprint density at radius 3 is 2.69 bits per heavy atom. The highest BCUT2D eigenvalue weighted by Crippen LogP contribution is 2.07. The first-order chi connectivity index (χ1) is 6.09. The van der Waals surface area contributed by atoms with Crippen LogP contribution >= 0.6 is 11.6 Å². The van der Waals surface area contributed by atoms with Crippen LogP contribution in [-0.4, -0.2) is 17.1 Å². The highest BCUT2D eigenvalue weighted by Gasteiger charge is 2.08. The summed E-state index contributed by atoms with van der Waals surface area (Å²) >= 11 is 5.56. The largest absolute Gasteiger partial charge is 0.459 e. The van der Waals surface area contributed by atoms with Crippen molar-refractivity contribution in [2.75, 3.05) is 0 Å². The second-order valence-electron chi connectivity index (χ2n) is 2.82. The summed E-state index contributed by atoms with van der Waals surface area (Å²) in [4.78, 5) is 15.0. The fourth-order valence-corrected chi connectivity index (χ4v) is 0.890. The molecule has 4 heteroatoms. The minimum absolute atomic E-state index is 0.122. The number of halogens is 1. The Labute approximate surface area is 81.7 Å². The van der Waals surface area contributed by atoms with Crippen LogP contribution in [0, 0.1) is 0 Å². The smallest absolute Gasteiger partial charge is 0.339 e. The zero-order valence-corrected chi connectivity index (χ0v) is 8.21. The summed E-state index contributed by atoms with van der Waals surface area (Å²) in [5.74, 6) is -0.376. The van der Waals surface area contributed by atoms with Crippen molar-refractivity contribution in [3.05, 3.63) is 29.0 Å². The highest BCUT2D eigenvalue weighted by molar-refractivity contribution is 6.29. The third-order valence-electron chi connectivity index (χ3n) is 1.31. The van der Waals surface area contributed by atoms with Crippen LogP contribution < -0.4 is 0 Å². The van der Waals surface area contributed by atoms with E-state index in [4.69, 9.17) is 16.3 Å². The zero-order chi connectivity index (χ0) is 9.84. The second-order valence-corrected chi connectivity index (χ2v) is 3.21. The van der Waals surface area contributed by atoms with Crippen molar-refractivity contribution in [2.45, 2.75) is 20.0 Å². The van der Waals surface area contributed by atoms with E-state index in [9.17, 15) is 4.79 Å². The average Bonchev–Trinajstić information content (AvgIpc) is 2.04. The molecule has 0 bridgehead atoms. The normalized spacial score (nSPS) is 10.2. The Kier molecular flexibility index (Phi) is 3.25. The molecule has 0 aliphatic carbocycles. The standard InChI is InChI=1S/C9H10ClNO2/c1-6(2)13-9(12)7-3-4-8(10)11-5-7/h3-6H,1-2H3. The molecule has 0 amide bonds. The Hall–Kier alpha value is -1.09. The van der Waals surface area contributed by atoms with E-state index >= 15 is 0 Å². The van der Waals surface area contributed by atoms with Gasteiger partial charge in [0.2, 0.25) is 0 Å². The molecule has 0 fully saturated rings. The summed E-state index contributed by atoms with van der Waals surface area (Å²) in [5.41, 5.74) is 0.415. The lowest BCUT2D eigenvalue weighted by Crippen LogP contribution is -2.11. The zero-order valence-electron chi connectivity index (χ0n) is 7.45. The van der Waals surface area contributed by atoms with Crippen LogP contribution in [0.3, 0.4) is 0 Å². The average molecular weight is 200 g/mol. The van der Waals surface area contributed by atoms with Gasteiger partial charge >= 0.3 is 5.97 Å². The third kappa shape index (κ3) is 3.03. The number of aromatic nitrogens is 1. The molecule has 13 heavy (non-hydrogen) atoms. The summed E-state index contributed by atoms with van der Waals surface area (Å²) in [6.07, 6.45) is 1.27. The lowest BCUT2D eigenvalue weighted by atomic mass is 10.3. The molecule has 1 heterocycles. The molecule has 0 atom stereocenters. The van der Waals surface area contributed by atoms with Crippen LogP contribution in [-0.2, 0) is 4.74 Å². The molecule has 0 radical (unpaired) electrons. The Morgan fingerprint density at radius 2 is 2.23 bits per heavy atom. The molecule has 1 rings (SSSR count). The molecular formula is C9H10ClNO2. The minimum Gasteiger partial charge on any atom is -0.459 e. The van der Waals surface area contributed by atoms with Gasteiger partial charge in [0, 0.05) is 6.20 Å². The lowest BCUT2D eigenvalue weighted by Gasteiger charge is -2.06. The number of ether oxygens (including phenoxy) is 1. The summed E-state index contributed by atoms with van der Waals surface area (Å²) < 4.78 is 4.95. The number of esters is 1. The molecular weight excluding hydrogens is 190 g/mol. The molecule has 0 spiro atoms. The topological polar surface area (TPSA) is 39.2 Å². The maximum atomic E-state index is 11.3. The van der Waals surface area contributed by atoms with Crippen LogP contribution in [0.2, 0.25) is 5.15 Å². The molecule has 0 saturated heterocycles. The van der Waals surface area contributed by atoms with E-state index in [1.54, 1.807) is 26.0 Å². The van der Waals surface area contributed by atoms with Gasteiger partial charge in [0.25, 0.3) is 0 Å². The third-order valence-corrected chi connectivity index (χ3v) is 1.53. The van der Waals surface area contributed by atoms with Crippen molar-refractivity contribution < 1.29 is 9.53 Å². The van der Waals surface area contributed by atoms with Gasteiger partial charge in [-0.2, -0.15) is 0 Å². The van der Waals surface area contributed by atoms with E-state index in [0.29, 0.717) is 10.7 Å². The molecule has 1 aromatic heterocycles. The predicted molar refractivity (Wildman–Crippen MR) is 49.8 cm³/mol. The second kappa shape index (κ2) is 4.23. The van der Waals surface area contributed by atoms with Crippen LogP contribution in [0.25, 0.3) is 0 Å². The first-order valence-electron chi connectivity index (χ1n) is 3.92. The van der Waals surface area contributed by atoms with Crippen LogP contribution in [0.1, 0.15) is 24.2 Å². The van der Waals surface area contributed by atoms with Crippen LogP contribution in [0.15, 0.2) is 18.3 Å².